The second-order valence-corrected chi connectivity index (χ2v) is 7.19. The first-order chi connectivity index (χ1) is 9.70. The lowest BCUT2D eigenvalue weighted by Gasteiger charge is -2.20. The van der Waals surface area contributed by atoms with Gasteiger partial charge in [0.1, 0.15) is 16.2 Å². The van der Waals surface area contributed by atoms with Gasteiger partial charge < -0.3 is 10.5 Å². The molecule has 0 radical (unpaired) electrons. The molecule has 3 nitrogen and oxygen atoms in total. The summed E-state index contributed by atoms with van der Waals surface area (Å²) in [6, 6.07) is 5.26. The fraction of sp³-hybridized carbons (Fsp3) is 0.267. The molecule has 0 unspecified atom stereocenters. The van der Waals surface area contributed by atoms with Gasteiger partial charge in [0.15, 0.2) is 0 Å². The summed E-state index contributed by atoms with van der Waals surface area (Å²) in [5.41, 5.74) is 6.97. The second-order valence-electron chi connectivity index (χ2n) is 5.49. The van der Waals surface area contributed by atoms with Crippen molar-refractivity contribution in [2.45, 2.75) is 26.4 Å². The fourth-order valence-electron chi connectivity index (χ4n) is 1.82. The highest BCUT2D eigenvalue weighted by Crippen LogP contribution is 2.40. The molecule has 2 rings (SSSR count). The largest absolute Gasteiger partial charge is 0.456 e. The van der Waals surface area contributed by atoms with E-state index in [9.17, 15) is 4.79 Å². The summed E-state index contributed by atoms with van der Waals surface area (Å²) in [6.45, 7) is 5.42. The standard InChI is InChI=1S/C15H15Cl2NO2S/c1-15(2,3)20-14(19)11-9(7-21-13(11)18)8-5-4-6-10(16)12(8)17/h4-7H,18H2,1-3H3. The quantitative estimate of drug-likeness (QED) is 0.756. The lowest BCUT2D eigenvalue weighted by Crippen LogP contribution is -2.24. The Morgan fingerprint density at radius 3 is 2.52 bits per heavy atom. The third-order valence-electron chi connectivity index (χ3n) is 2.66. The van der Waals surface area contributed by atoms with Crippen molar-refractivity contribution >= 4 is 45.5 Å². The number of nitrogen functional groups attached to an aromatic ring is 1. The molecule has 0 atom stereocenters. The van der Waals surface area contributed by atoms with Crippen LogP contribution in [0, 0.1) is 0 Å². The summed E-state index contributed by atoms with van der Waals surface area (Å²) in [5.74, 6) is -0.465. The lowest BCUT2D eigenvalue weighted by atomic mass is 10.0. The molecule has 21 heavy (non-hydrogen) atoms. The Balaban J connectivity index is 2.53. The maximum Gasteiger partial charge on any atom is 0.342 e. The maximum absolute atomic E-state index is 12.4. The van der Waals surface area contributed by atoms with Crippen molar-refractivity contribution in [2.24, 2.45) is 0 Å². The SMILES string of the molecule is CC(C)(C)OC(=O)c1c(-c2cccc(Cl)c2Cl)csc1N. The Morgan fingerprint density at radius 1 is 1.24 bits per heavy atom. The first kappa shape index (κ1) is 16.1. The molecule has 0 saturated carbocycles. The molecule has 0 aliphatic heterocycles. The van der Waals surface area contributed by atoms with Gasteiger partial charge in [0.2, 0.25) is 0 Å². The van der Waals surface area contributed by atoms with Gasteiger partial charge in [-0.25, -0.2) is 4.79 Å². The molecule has 1 aromatic carbocycles. The highest BCUT2D eigenvalue weighted by Gasteiger charge is 2.25. The molecule has 112 valence electrons. The topological polar surface area (TPSA) is 52.3 Å². The van der Waals surface area contributed by atoms with Crippen LogP contribution in [0.15, 0.2) is 23.6 Å². The highest BCUT2D eigenvalue weighted by molar-refractivity contribution is 7.15. The predicted octanol–water partition coefficient (Wildman–Crippen LogP) is 5.26. The van der Waals surface area contributed by atoms with Crippen LogP contribution in [0.2, 0.25) is 10.0 Å². The van der Waals surface area contributed by atoms with Crippen LogP contribution in [-0.2, 0) is 4.74 Å². The van der Waals surface area contributed by atoms with Crippen molar-refractivity contribution in [2.75, 3.05) is 5.73 Å². The van der Waals surface area contributed by atoms with Gasteiger partial charge in [-0.3, -0.25) is 0 Å². The van der Waals surface area contributed by atoms with Gasteiger partial charge in [-0.15, -0.1) is 11.3 Å². The number of rotatable bonds is 2. The lowest BCUT2D eigenvalue weighted by molar-refractivity contribution is 0.00722. The average Bonchev–Trinajstić information content (AvgIpc) is 2.72. The van der Waals surface area contributed by atoms with Crippen LogP contribution in [0.5, 0.6) is 0 Å². The van der Waals surface area contributed by atoms with Crippen molar-refractivity contribution in [1.82, 2.24) is 0 Å². The minimum absolute atomic E-state index is 0.332. The van der Waals surface area contributed by atoms with Crippen molar-refractivity contribution in [3.05, 3.63) is 39.2 Å². The normalized spacial score (nSPS) is 11.5. The molecule has 2 aromatic rings. The van der Waals surface area contributed by atoms with Gasteiger partial charge in [-0.05, 0) is 26.8 Å². The van der Waals surface area contributed by atoms with Gasteiger partial charge in [0.25, 0.3) is 0 Å². The Labute approximate surface area is 137 Å². The number of hydrogen-bond acceptors (Lipinski definition) is 4. The molecule has 6 heteroatoms. The maximum atomic E-state index is 12.4. The zero-order chi connectivity index (χ0) is 15.8. The number of esters is 1. The van der Waals surface area contributed by atoms with Crippen LogP contribution in [-0.4, -0.2) is 11.6 Å². The first-order valence-corrected chi connectivity index (χ1v) is 7.89. The van der Waals surface area contributed by atoms with E-state index in [2.05, 4.69) is 0 Å². The molecule has 1 heterocycles. The molecule has 0 aliphatic rings. The number of ether oxygens (including phenoxy) is 1. The number of benzene rings is 1. The number of hydrogen-bond donors (Lipinski definition) is 1. The van der Waals surface area contributed by atoms with E-state index < -0.39 is 11.6 Å². The van der Waals surface area contributed by atoms with Crippen LogP contribution < -0.4 is 5.73 Å². The number of carbonyl (C=O) groups is 1. The van der Waals surface area contributed by atoms with E-state index in [-0.39, 0.29) is 0 Å². The number of nitrogens with two attached hydrogens (primary N) is 1. The Kier molecular flexibility index (Phi) is 4.51. The van der Waals surface area contributed by atoms with Crippen molar-refractivity contribution in [1.29, 1.82) is 0 Å². The average molecular weight is 344 g/mol. The molecular weight excluding hydrogens is 329 g/mol. The van der Waals surface area contributed by atoms with E-state index in [0.717, 1.165) is 0 Å². The van der Waals surface area contributed by atoms with E-state index in [1.807, 2.05) is 0 Å². The molecule has 0 aliphatic carbocycles. The molecule has 2 N–H and O–H groups in total. The van der Waals surface area contributed by atoms with Crippen molar-refractivity contribution < 1.29 is 9.53 Å². The van der Waals surface area contributed by atoms with Crippen molar-refractivity contribution in [3.63, 3.8) is 0 Å². The molecule has 1 aromatic heterocycles. The van der Waals surface area contributed by atoms with E-state index in [0.29, 0.717) is 31.7 Å². The number of thiophene rings is 1. The molecule has 0 bridgehead atoms. The van der Waals surface area contributed by atoms with Crippen LogP contribution in [0.1, 0.15) is 31.1 Å². The smallest absolute Gasteiger partial charge is 0.342 e. The minimum atomic E-state index is -0.596. The Hall–Kier alpha value is -1.23. The zero-order valence-corrected chi connectivity index (χ0v) is 14.2. The molecule has 0 spiro atoms. The van der Waals surface area contributed by atoms with Crippen LogP contribution in [0.25, 0.3) is 11.1 Å². The third-order valence-corrected chi connectivity index (χ3v) is 4.29. The van der Waals surface area contributed by atoms with Crippen LogP contribution in [0.3, 0.4) is 0 Å². The number of anilines is 1. The Bertz CT molecular complexity index is 689. The van der Waals surface area contributed by atoms with E-state index >= 15 is 0 Å². The monoisotopic (exact) mass is 343 g/mol. The van der Waals surface area contributed by atoms with Crippen LogP contribution >= 0.6 is 34.5 Å². The fourth-order valence-corrected chi connectivity index (χ4v) is 3.03. The third kappa shape index (κ3) is 3.51. The zero-order valence-electron chi connectivity index (χ0n) is 11.9. The summed E-state index contributed by atoms with van der Waals surface area (Å²) in [5, 5.41) is 3.00. The molecular formula is C15H15Cl2NO2S. The molecule has 0 fully saturated rings. The number of carbonyl (C=O) groups excluding carboxylic acids is 1. The number of halogens is 2. The Morgan fingerprint density at radius 2 is 1.90 bits per heavy atom. The van der Waals surface area contributed by atoms with E-state index in [1.54, 1.807) is 44.4 Å². The minimum Gasteiger partial charge on any atom is -0.456 e. The summed E-state index contributed by atoms with van der Waals surface area (Å²) >= 11 is 13.5. The van der Waals surface area contributed by atoms with Gasteiger partial charge in [0, 0.05) is 16.5 Å². The van der Waals surface area contributed by atoms with Gasteiger partial charge >= 0.3 is 5.97 Å². The summed E-state index contributed by atoms with van der Waals surface area (Å²) in [6.07, 6.45) is 0. The predicted molar refractivity (Wildman–Crippen MR) is 89.4 cm³/mol. The summed E-state index contributed by atoms with van der Waals surface area (Å²) in [7, 11) is 0. The highest BCUT2D eigenvalue weighted by atomic mass is 35.5. The second kappa shape index (κ2) is 5.87. The van der Waals surface area contributed by atoms with Crippen molar-refractivity contribution in [3.8, 4) is 11.1 Å². The summed E-state index contributed by atoms with van der Waals surface area (Å²) in [4.78, 5) is 12.4. The first-order valence-electron chi connectivity index (χ1n) is 6.25. The molecule has 0 amide bonds. The van der Waals surface area contributed by atoms with Gasteiger partial charge in [-0.1, -0.05) is 35.3 Å². The van der Waals surface area contributed by atoms with Crippen LogP contribution in [0.4, 0.5) is 5.00 Å². The van der Waals surface area contributed by atoms with E-state index in [4.69, 9.17) is 33.7 Å². The van der Waals surface area contributed by atoms with E-state index in [1.165, 1.54) is 11.3 Å². The summed E-state index contributed by atoms with van der Waals surface area (Å²) < 4.78 is 5.41. The van der Waals surface area contributed by atoms with Gasteiger partial charge in [0.05, 0.1) is 10.0 Å². The van der Waals surface area contributed by atoms with Gasteiger partial charge in [-0.2, -0.15) is 0 Å². The molecule has 0 saturated heterocycles.